The van der Waals surface area contributed by atoms with E-state index in [9.17, 15) is 9.59 Å². The lowest BCUT2D eigenvalue weighted by Gasteiger charge is -2.24. The molecule has 2 aliphatic rings. The van der Waals surface area contributed by atoms with Crippen LogP contribution in [0.5, 0.6) is 5.75 Å². The van der Waals surface area contributed by atoms with Crippen LogP contribution in [0.25, 0.3) is 0 Å². The number of carbonyl (C=O) groups is 1. The Morgan fingerprint density at radius 1 is 1.17 bits per heavy atom. The van der Waals surface area contributed by atoms with Gasteiger partial charge in [0.25, 0.3) is 5.56 Å². The van der Waals surface area contributed by atoms with Crippen LogP contribution >= 0.6 is 11.8 Å². The van der Waals surface area contributed by atoms with E-state index in [0.717, 1.165) is 42.6 Å². The third-order valence-electron chi connectivity index (χ3n) is 5.71. The SMILES string of the molecule is COCc1cc([C@H]2SCC(=O)Nc3c2c(=O)[nH]n3C2CCCCC2)ccc1OC. The minimum absolute atomic E-state index is 0.0760. The van der Waals surface area contributed by atoms with Crippen molar-refractivity contribution in [3.05, 3.63) is 45.2 Å². The number of aromatic nitrogens is 2. The molecule has 2 N–H and O–H groups in total. The number of ether oxygens (including phenoxy) is 2. The molecule has 0 radical (unpaired) electrons. The van der Waals surface area contributed by atoms with Gasteiger partial charge in [-0.1, -0.05) is 25.3 Å². The number of H-pyrrole nitrogens is 1. The Kier molecular flexibility index (Phi) is 6.01. The van der Waals surface area contributed by atoms with E-state index < -0.39 is 0 Å². The van der Waals surface area contributed by atoms with Gasteiger partial charge in [-0.15, -0.1) is 11.8 Å². The molecule has 1 aliphatic heterocycles. The molecule has 1 aliphatic carbocycles. The maximum Gasteiger partial charge on any atom is 0.270 e. The predicted molar refractivity (Wildman–Crippen MR) is 114 cm³/mol. The number of methoxy groups -OCH3 is 2. The van der Waals surface area contributed by atoms with Crippen LogP contribution in [0.2, 0.25) is 0 Å². The molecule has 0 unspecified atom stereocenters. The standard InChI is InChI=1S/C21H27N3O4S/c1-27-11-14-10-13(8-9-16(14)28-2)19-18-20(22-17(25)12-29-19)24(23-21(18)26)15-6-4-3-5-7-15/h8-10,15,19H,3-7,11-12H2,1-2H3,(H,22,25)(H,23,26)/t19-/m1/s1. The van der Waals surface area contributed by atoms with Gasteiger partial charge in [0.05, 0.1) is 36.3 Å². The first-order valence-corrected chi connectivity index (χ1v) is 11.1. The first-order valence-electron chi connectivity index (χ1n) is 10.0. The molecule has 1 fully saturated rings. The second kappa shape index (κ2) is 8.67. The smallest absolute Gasteiger partial charge is 0.270 e. The summed E-state index contributed by atoms with van der Waals surface area (Å²) < 4.78 is 12.6. The number of hydrogen-bond donors (Lipinski definition) is 2. The summed E-state index contributed by atoms with van der Waals surface area (Å²) >= 11 is 1.48. The van der Waals surface area contributed by atoms with Crippen LogP contribution in [-0.2, 0) is 16.1 Å². The average molecular weight is 418 g/mol. The molecule has 1 amide bonds. The molecule has 1 atom stereocenters. The summed E-state index contributed by atoms with van der Waals surface area (Å²) in [4.78, 5) is 25.4. The molecule has 1 aromatic heterocycles. The molecule has 4 rings (SSSR count). The van der Waals surface area contributed by atoms with Gasteiger partial charge < -0.3 is 14.8 Å². The first kappa shape index (κ1) is 20.1. The number of benzene rings is 1. The Hall–Kier alpha value is -2.19. The Morgan fingerprint density at radius 2 is 1.97 bits per heavy atom. The summed E-state index contributed by atoms with van der Waals surface area (Å²) in [5.74, 6) is 1.60. The van der Waals surface area contributed by atoms with Gasteiger partial charge in [-0.2, -0.15) is 0 Å². The van der Waals surface area contributed by atoms with Crippen LogP contribution in [0.3, 0.4) is 0 Å². The first-order chi connectivity index (χ1) is 14.1. The van der Waals surface area contributed by atoms with Crippen molar-refractivity contribution in [2.45, 2.75) is 50.0 Å². The van der Waals surface area contributed by atoms with Gasteiger partial charge in [-0.25, -0.2) is 0 Å². The van der Waals surface area contributed by atoms with E-state index in [1.54, 1.807) is 14.2 Å². The molecule has 29 heavy (non-hydrogen) atoms. The van der Waals surface area contributed by atoms with E-state index in [-0.39, 0.29) is 22.8 Å². The number of anilines is 1. The number of thioether (sulfide) groups is 1. The molecule has 8 heteroatoms. The molecule has 2 heterocycles. The zero-order valence-electron chi connectivity index (χ0n) is 16.8. The number of amides is 1. The normalized spacial score (nSPS) is 20.1. The minimum atomic E-state index is -0.237. The van der Waals surface area contributed by atoms with Crippen molar-refractivity contribution >= 4 is 23.5 Å². The molecule has 156 valence electrons. The van der Waals surface area contributed by atoms with Gasteiger partial charge >= 0.3 is 0 Å². The van der Waals surface area contributed by atoms with E-state index in [4.69, 9.17) is 9.47 Å². The van der Waals surface area contributed by atoms with E-state index in [2.05, 4.69) is 10.4 Å². The molecule has 7 nitrogen and oxygen atoms in total. The van der Waals surface area contributed by atoms with Crippen LogP contribution in [0.1, 0.15) is 60.1 Å². The number of fused-ring (bicyclic) bond motifs is 1. The Labute approximate surface area is 174 Å². The fourth-order valence-corrected chi connectivity index (χ4v) is 5.46. The Bertz CT molecular complexity index is 946. The fraction of sp³-hybridized carbons (Fsp3) is 0.524. The van der Waals surface area contributed by atoms with Crippen LogP contribution in [-0.4, -0.2) is 35.7 Å². The number of hydrogen-bond acceptors (Lipinski definition) is 5. The highest BCUT2D eigenvalue weighted by Crippen LogP contribution is 2.42. The van der Waals surface area contributed by atoms with E-state index in [1.165, 1.54) is 18.2 Å². The van der Waals surface area contributed by atoms with Gasteiger partial charge in [0.2, 0.25) is 5.91 Å². The lowest BCUT2D eigenvalue weighted by molar-refractivity contribution is -0.113. The quantitative estimate of drug-likeness (QED) is 0.776. The molecule has 1 aromatic carbocycles. The van der Waals surface area contributed by atoms with Gasteiger partial charge in [0, 0.05) is 12.7 Å². The van der Waals surface area contributed by atoms with Gasteiger partial charge in [0.1, 0.15) is 11.6 Å². The lowest BCUT2D eigenvalue weighted by atomic mass is 9.95. The molecular weight excluding hydrogens is 390 g/mol. The summed E-state index contributed by atoms with van der Waals surface area (Å²) in [6, 6.07) is 6.10. The topological polar surface area (TPSA) is 85.4 Å². The van der Waals surface area contributed by atoms with Crippen molar-refractivity contribution in [1.29, 1.82) is 0 Å². The second-order valence-electron chi connectivity index (χ2n) is 7.61. The molecule has 2 aromatic rings. The minimum Gasteiger partial charge on any atom is -0.496 e. The summed E-state index contributed by atoms with van der Waals surface area (Å²) in [6.07, 6.45) is 5.55. The van der Waals surface area contributed by atoms with Crippen molar-refractivity contribution in [3.63, 3.8) is 0 Å². The number of aromatic amines is 1. The van der Waals surface area contributed by atoms with E-state index in [0.29, 0.717) is 23.7 Å². The number of nitrogens with zero attached hydrogens (tertiary/aromatic N) is 1. The maximum atomic E-state index is 13.0. The largest absolute Gasteiger partial charge is 0.496 e. The van der Waals surface area contributed by atoms with Crippen molar-refractivity contribution in [3.8, 4) is 5.75 Å². The zero-order valence-corrected chi connectivity index (χ0v) is 17.6. The predicted octanol–water partition coefficient (Wildman–Crippen LogP) is 3.61. The monoisotopic (exact) mass is 417 g/mol. The van der Waals surface area contributed by atoms with Crippen LogP contribution in [0.4, 0.5) is 5.82 Å². The lowest BCUT2D eigenvalue weighted by Crippen LogP contribution is -2.21. The van der Waals surface area contributed by atoms with E-state index in [1.807, 2.05) is 22.9 Å². The average Bonchev–Trinajstić information content (AvgIpc) is 2.94. The zero-order chi connectivity index (χ0) is 20.4. The van der Waals surface area contributed by atoms with Crippen molar-refractivity contribution < 1.29 is 14.3 Å². The van der Waals surface area contributed by atoms with Gasteiger partial charge in [-0.05, 0) is 30.5 Å². The molecule has 0 spiro atoms. The molecule has 0 saturated heterocycles. The molecule has 1 saturated carbocycles. The highest BCUT2D eigenvalue weighted by Gasteiger charge is 2.32. The molecule has 0 bridgehead atoms. The highest BCUT2D eigenvalue weighted by molar-refractivity contribution is 8.00. The third-order valence-corrected chi connectivity index (χ3v) is 6.98. The van der Waals surface area contributed by atoms with E-state index >= 15 is 0 Å². The Morgan fingerprint density at radius 3 is 2.69 bits per heavy atom. The summed E-state index contributed by atoms with van der Waals surface area (Å²) in [5, 5.41) is 5.78. The van der Waals surface area contributed by atoms with Gasteiger partial charge in [0.15, 0.2) is 0 Å². The second-order valence-corrected chi connectivity index (χ2v) is 8.70. The van der Waals surface area contributed by atoms with Crippen LogP contribution < -0.4 is 15.6 Å². The van der Waals surface area contributed by atoms with Crippen molar-refractivity contribution in [2.75, 3.05) is 25.3 Å². The maximum absolute atomic E-state index is 13.0. The molecular formula is C21H27N3O4S. The van der Waals surface area contributed by atoms with Gasteiger partial charge in [-0.3, -0.25) is 19.4 Å². The fourth-order valence-electron chi connectivity index (χ4n) is 4.35. The summed E-state index contributed by atoms with van der Waals surface area (Å²) in [6.45, 7) is 0.415. The number of rotatable bonds is 5. The van der Waals surface area contributed by atoms with Crippen molar-refractivity contribution in [2.24, 2.45) is 0 Å². The van der Waals surface area contributed by atoms with Crippen molar-refractivity contribution in [1.82, 2.24) is 9.78 Å². The van der Waals surface area contributed by atoms with Crippen LogP contribution in [0, 0.1) is 0 Å². The highest BCUT2D eigenvalue weighted by atomic mass is 32.2. The van der Waals surface area contributed by atoms with Crippen LogP contribution in [0.15, 0.2) is 23.0 Å². The number of carbonyl (C=O) groups excluding carboxylic acids is 1. The summed E-state index contributed by atoms with van der Waals surface area (Å²) in [5.41, 5.74) is 2.38. The summed E-state index contributed by atoms with van der Waals surface area (Å²) in [7, 11) is 3.27. The third kappa shape index (κ3) is 3.96. The Balaban J connectivity index is 1.79. The number of nitrogens with one attached hydrogen (secondary N) is 2.